The number of nitrogens with one attached hydrogen (secondary N) is 2. The average molecular weight is 550 g/mol. The molecule has 0 unspecified atom stereocenters. The number of alkyl halides is 3. The third kappa shape index (κ3) is 7.78. The Balaban J connectivity index is 1.49. The van der Waals surface area contributed by atoms with E-state index < -0.39 is 24.2 Å². The molecule has 0 spiro atoms. The maximum atomic E-state index is 13.1. The zero-order valence-electron chi connectivity index (χ0n) is 20.5. The van der Waals surface area contributed by atoms with Gasteiger partial charge in [-0.3, -0.25) is 9.79 Å². The van der Waals surface area contributed by atoms with E-state index in [9.17, 15) is 18.0 Å². The van der Waals surface area contributed by atoms with E-state index in [0.29, 0.717) is 23.6 Å². The van der Waals surface area contributed by atoms with Gasteiger partial charge in [0.05, 0.1) is 16.4 Å². The van der Waals surface area contributed by atoms with Crippen molar-refractivity contribution >= 4 is 40.3 Å². The summed E-state index contributed by atoms with van der Waals surface area (Å²) in [6, 6.07) is 29.1. The minimum atomic E-state index is -4.79. The van der Waals surface area contributed by atoms with Gasteiger partial charge in [-0.1, -0.05) is 72.3 Å². The monoisotopic (exact) mass is 549 g/mol. The van der Waals surface area contributed by atoms with E-state index in [-0.39, 0.29) is 22.0 Å². The maximum absolute atomic E-state index is 13.1. The van der Waals surface area contributed by atoms with Crippen LogP contribution in [-0.2, 0) is 6.61 Å². The summed E-state index contributed by atoms with van der Waals surface area (Å²) in [6.07, 6.45) is -5.55. The fourth-order valence-electron chi connectivity index (χ4n) is 3.58. The number of amides is 1. The molecule has 0 bridgehead atoms. The number of benzene rings is 4. The Morgan fingerprint density at radius 1 is 0.872 bits per heavy atom. The number of nitrogens with zero attached hydrogens (tertiary/aromatic N) is 1. The Morgan fingerprint density at radius 3 is 2.23 bits per heavy atom. The van der Waals surface area contributed by atoms with E-state index in [0.717, 1.165) is 5.56 Å². The van der Waals surface area contributed by atoms with E-state index in [1.54, 1.807) is 48.5 Å². The van der Waals surface area contributed by atoms with Gasteiger partial charge in [-0.15, -0.1) is 0 Å². The van der Waals surface area contributed by atoms with Crippen LogP contribution in [-0.4, -0.2) is 23.5 Å². The number of halogens is 4. The van der Waals surface area contributed by atoms with Gasteiger partial charge in [-0.2, -0.15) is 13.2 Å². The van der Waals surface area contributed by atoms with Crippen molar-refractivity contribution < 1.29 is 22.7 Å². The quantitative estimate of drug-likeness (QED) is 0.206. The molecule has 0 saturated carbocycles. The molecule has 0 heterocycles. The van der Waals surface area contributed by atoms with Gasteiger partial charge in [-0.05, 0) is 47.5 Å². The van der Waals surface area contributed by atoms with Crippen molar-refractivity contribution in [3.8, 4) is 5.75 Å². The van der Waals surface area contributed by atoms with E-state index in [2.05, 4.69) is 10.3 Å². The summed E-state index contributed by atoms with van der Waals surface area (Å²) in [5, 5.41) is 10.5. The third-order valence-corrected chi connectivity index (χ3v) is 5.93. The molecule has 0 fully saturated rings. The number of aliphatic imine (C=N–C) groups is 1. The fraction of sp³-hybridized carbons (Fsp3) is 0.100. The Labute approximate surface area is 228 Å². The standard InChI is InChI=1S/C30H23ClF3N3O2/c31-25-11-4-5-12-26(25)37-27(18-28(35)30(32,33)34)21-13-15-22(16-14-21)29(38)36-23-9-6-10-24(17-23)39-19-20-7-2-1-3-8-20/h1-17,35H,18-19H2,(H,36,38). The second-order valence-electron chi connectivity index (χ2n) is 8.50. The van der Waals surface area contributed by atoms with Crippen molar-refractivity contribution in [1.82, 2.24) is 0 Å². The fourth-order valence-corrected chi connectivity index (χ4v) is 3.76. The summed E-state index contributed by atoms with van der Waals surface area (Å²) in [5.41, 5.74) is 0.990. The SMILES string of the molecule is N=C(CC(=Nc1ccccc1Cl)c1ccc(C(=O)Nc2cccc(OCc3ccccc3)c2)cc1)C(F)(F)F. The van der Waals surface area contributed by atoms with Gasteiger partial charge in [0.1, 0.15) is 18.1 Å². The first-order chi connectivity index (χ1) is 18.7. The van der Waals surface area contributed by atoms with Crippen LogP contribution in [0.25, 0.3) is 0 Å². The van der Waals surface area contributed by atoms with E-state index in [4.69, 9.17) is 21.7 Å². The first kappa shape index (κ1) is 27.6. The molecule has 4 aromatic carbocycles. The zero-order chi connectivity index (χ0) is 27.8. The van der Waals surface area contributed by atoms with Crippen LogP contribution in [0, 0.1) is 5.41 Å². The molecule has 0 aliphatic carbocycles. The van der Waals surface area contributed by atoms with Crippen molar-refractivity contribution in [2.24, 2.45) is 4.99 Å². The van der Waals surface area contributed by atoms with Gasteiger partial charge >= 0.3 is 6.18 Å². The summed E-state index contributed by atoms with van der Waals surface area (Å²) in [4.78, 5) is 17.2. The maximum Gasteiger partial charge on any atom is 0.429 e. The van der Waals surface area contributed by atoms with Crippen molar-refractivity contribution in [1.29, 1.82) is 5.41 Å². The largest absolute Gasteiger partial charge is 0.489 e. The molecular formula is C30H23ClF3N3O2. The molecule has 198 valence electrons. The normalized spacial score (nSPS) is 11.6. The van der Waals surface area contributed by atoms with E-state index in [1.807, 2.05) is 30.3 Å². The smallest absolute Gasteiger partial charge is 0.429 e. The van der Waals surface area contributed by atoms with Crippen molar-refractivity contribution in [2.75, 3.05) is 5.32 Å². The molecular weight excluding hydrogens is 527 g/mol. The van der Waals surface area contributed by atoms with E-state index >= 15 is 0 Å². The molecule has 2 N–H and O–H groups in total. The number of carbonyl (C=O) groups excluding carboxylic acids is 1. The molecule has 4 aromatic rings. The van der Waals surface area contributed by atoms with Crippen LogP contribution >= 0.6 is 11.6 Å². The molecule has 9 heteroatoms. The average Bonchev–Trinajstić information content (AvgIpc) is 2.93. The minimum Gasteiger partial charge on any atom is -0.489 e. The van der Waals surface area contributed by atoms with Crippen LogP contribution in [0.4, 0.5) is 24.5 Å². The van der Waals surface area contributed by atoms with Gasteiger partial charge in [0.25, 0.3) is 5.91 Å². The van der Waals surface area contributed by atoms with Crippen LogP contribution in [0.5, 0.6) is 5.75 Å². The number of ether oxygens (including phenoxy) is 1. The number of para-hydroxylation sites is 1. The lowest BCUT2D eigenvalue weighted by molar-refractivity contribution is -0.0605. The summed E-state index contributed by atoms with van der Waals surface area (Å²) >= 11 is 6.14. The molecule has 0 aliphatic rings. The number of rotatable bonds is 9. The summed E-state index contributed by atoms with van der Waals surface area (Å²) < 4.78 is 45.2. The van der Waals surface area contributed by atoms with Gasteiger partial charge < -0.3 is 15.5 Å². The molecule has 0 aromatic heterocycles. The zero-order valence-corrected chi connectivity index (χ0v) is 21.3. The molecule has 0 atom stereocenters. The van der Waals surface area contributed by atoms with Gasteiger partial charge in [0.15, 0.2) is 0 Å². The van der Waals surface area contributed by atoms with Crippen LogP contribution in [0.15, 0.2) is 108 Å². The predicted octanol–water partition coefficient (Wildman–Crippen LogP) is 8.26. The molecule has 1 amide bonds. The van der Waals surface area contributed by atoms with Crippen molar-refractivity contribution in [2.45, 2.75) is 19.2 Å². The Bertz CT molecular complexity index is 1490. The van der Waals surface area contributed by atoms with Gasteiger partial charge in [-0.25, -0.2) is 0 Å². The number of hydrogen-bond donors (Lipinski definition) is 2. The predicted molar refractivity (Wildman–Crippen MR) is 148 cm³/mol. The lowest BCUT2D eigenvalue weighted by Crippen LogP contribution is -2.25. The molecule has 39 heavy (non-hydrogen) atoms. The highest BCUT2D eigenvalue weighted by atomic mass is 35.5. The summed E-state index contributed by atoms with van der Waals surface area (Å²) in [7, 11) is 0. The van der Waals surface area contributed by atoms with Crippen LogP contribution in [0.1, 0.15) is 27.9 Å². The topological polar surface area (TPSA) is 74.5 Å². The second kappa shape index (κ2) is 12.4. The molecule has 5 nitrogen and oxygen atoms in total. The summed E-state index contributed by atoms with van der Waals surface area (Å²) in [6.45, 7) is 0.379. The van der Waals surface area contributed by atoms with Crippen molar-refractivity contribution in [3.63, 3.8) is 0 Å². The highest BCUT2D eigenvalue weighted by Crippen LogP contribution is 2.27. The second-order valence-corrected chi connectivity index (χ2v) is 8.90. The van der Waals surface area contributed by atoms with Gasteiger partial charge in [0.2, 0.25) is 0 Å². The first-order valence-electron chi connectivity index (χ1n) is 11.8. The number of carbonyl (C=O) groups is 1. The Kier molecular flexibility index (Phi) is 8.78. The molecule has 0 radical (unpaired) electrons. The number of hydrogen-bond acceptors (Lipinski definition) is 4. The van der Waals surface area contributed by atoms with Crippen LogP contribution in [0.3, 0.4) is 0 Å². The third-order valence-electron chi connectivity index (χ3n) is 5.61. The minimum absolute atomic E-state index is 0.000601. The molecule has 0 aliphatic heterocycles. The van der Waals surface area contributed by atoms with Crippen LogP contribution < -0.4 is 10.1 Å². The Morgan fingerprint density at radius 2 is 1.54 bits per heavy atom. The van der Waals surface area contributed by atoms with E-state index in [1.165, 1.54) is 24.3 Å². The lowest BCUT2D eigenvalue weighted by Gasteiger charge is -2.12. The number of anilines is 1. The van der Waals surface area contributed by atoms with Crippen molar-refractivity contribution in [3.05, 3.63) is 125 Å². The first-order valence-corrected chi connectivity index (χ1v) is 12.2. The molecule has 0 saturated heterocycles. The molecule has 4 rings (SSSR count). The van der Waals surface area contributed by atoms with Gasteiger partial charge in [0, 0.05) is 23.7 Å². The summed E-state index contributed by atoms with van der Waals surface area (Å²) in [5.74, 6) is 0.175. The van der Waals surface area contributed by atoms with Crippen LogP contribution in [0.2, 0.25) is 5.02 Å². The highest BCUT2D eigenvalue weighted by Gasteiger charge is 2.35. The Hall–Kier alpha value is -4.43. The lowest BCUT2D eigenvalue weighted by atomic mass is 10.0. The highest BCUT2D eigenvalue weighted by molar-refractivity contribution is 6.33.